The highest BCUT2D eigenvalue weighted by Gasteiger charge is 2.27. The van der Waals surface area contributed by atoms with Crippen LogP contribution >= 0.6 is 0 Å². The number of aromatic nitrogens is 3. The third-order valence-electron chi connectivity index (χ3n) is 5.04. The van der Waals surface area contributed by atoms with E-state index in [4.69, 9.17) is 4.74 Å². The van der Waals surface area contributed by atoms with E-state index in [0.29, 0.717) is 19.0 Å². The predicted molar refractivity (Wildman–Crippen MR) is 106 cm³/mol. The van der Waals surface area contributed by atoms with E-state index in [1.54, 1.807) is 4.68 Å². The van der Waals surface area contributed by atoms with E-state index >= 15 is 0 Å². The molecule has 1 aliphatic heterocycles. The Bertz CT molecular complexity index is 1150. The number of carbonyl (C=O) groups is 1. The Morgan fingerprint density at radius 1 is 1.04 bits per heavy atom. The van der Waals surface area contributed by atoms with Crippen molar-refractivity contribution < 1.29 is 9.53 Å². The fraction of sp³-hybridized carbons (Fsp3) is 0.136. The average molecular weight is 370 g/mol. The lowest BCUT2D eigenvalue weighted by Gasteiger charge is -2.23. The van der Waals surface area contributed by atoms with Crippen LogP contribution in [0.5, 0.6) is 5.75 Å². The molecule has 1 N–H and O–H groups in total. The molecule has 0 radical (unpaired) electrons. The maximum Gasteiger partial charge on any atom is 0.229 e. The second-order valence-corrected chi connectivity index (χ2v) is 6.79. The maximum atomic E-state index is 11.9. The van der Waals surface area contributed by atoms with Crippen LogP contribution in [-0.2, 0) is 11.4 Å². The Hall–Kier alpha value is -3.67. The molecule has 0 saturated heterocycles. The Kier molecular flexibility index (Phi) is 4.01. The smallest absolute Gasteiger partial charge is 0.229 e. The standard InChI is InChI=1S/C22H18N4O2/c27-21-12-20(26-22(25-21)23-14-24-26)16-8-10-18(11-9-16)28-13-17-6-3-5-15-4-1-2-7-19(15)17/h1-11,14,20H,12-13H2,(H,23,24,25,27)/t20-/m0/s1. The molecule has 6 heteroatoms. The maximum absolute atomic E-state index is 11.9. The van der Waals surface area contributed by atoms with Crippen molar-refractivity contribution in [2.24, 2.45) is 0 Å². The Balaban J connectivity index is 1.34. The Morgan fingerprint density at radius 2 is 1.86 bits per heavy atom. The number of nitrogens with one attached hydrogen (secondary N) is 1. The van der Waals surface area contributed by atoms with Crippen LogP contribution < -0.4 is 10.1 Å². The summed E-state index contributed by atoms with van der Waals surface area (Å²) in [6.45, 7) is 0.500. The van der Waals surface area contributed by atoms with Crippen LogP contribution in [0.15, 0.2) is 73.1 Å². The van der Waals surface area contributed by atoms with Gasteiger partial charge < -0.3 is 4.74 Å². The summed E-state index contributed by atoms with van der Waals surface area (Å²) in [7, 11) is 0. The van der Waals surface area contributed by atoms with Crippen molar-refractivity contribution in [2.75, 3.05) is 5.32 Å². The van der Waals surface area contributed by atoms with Crippen LogP contribution in [0.25, 0.3) is 10.8 Å². The van der Waals surface area contributed by atoms with Gasteiger partial charge >= 0.3 is 0 Å². The highest BCUT2D eigenvalue weighted by atomic mass is 16.5. The zero-order chi connectivity index (χ0) is 18.9. The van der Waals surface area contributed by atoms with Crippen LogP contribution in [0.4, 0.5) is 5.95 Å². The number of fused-ring (bicyclic) bond motifs is 2. The molecule has 0 bridgehead atoms. The average Bonchev–Trinajstić information content (AvgIpc) is 3.20. The number of nitrogens with zero attached hydrogens (tertiary/aromatic N) is 3. The van der Waals surface area contributed by atoms with Gasteiger partial charge in [0.25, 0.3) is 0 Å². The zero-order valence-electron chi connectivity index (χ0n) is 15.1. The van der Waals surface area contributed by atoms with Gasteiger partial charge in [-0.15, -0.1) is 0 Å². The fourth-order valence-electron chi connectivity index (χ4n) is 3.63. The summed E-state index contributed by atoms with van der Waals surface area (Å²) in [6.07, 6.45) is 1.79. The van der Waals surface area contributed by atoms with E-state index in [0.717, 1.165) is 16.9 Å². The number of amides is 1. The summed E-state index contributed by atoms with van der Waals surface area (Å²) in [6, 6.07) is 22.2. The highest BCUT2D eigenvalue weighted by molar-refractivity contribution is 5.91. The lowest BCUT2D eigenvalue weighted by atomic mass is 10.0. The second-order valence-electron chi connectivity index (χ2n) is 6.79. The van der Waals surface area contributed by atoms with Crippen molar-refractivity contribution in [1.29, 1.82) is 0 Å². The van der Waals surface area contributed by atoms with Crippen LogP contribution in [0.3, 0.4) is 0 Å². The predicted octanol–water partition coefficient (Wildman–Crippen LogP) is 3.94. The Labute approximate surface area is 161 Å². The van der Waals surface area contributed by atoms with Gasteiger partial charge in [0.1, 0.15) is 18.7 Å². The second kappa shape index (κ2) is 6.81. The summed E-state index contributed by atoms with van der Waals surface area (Å²) in [5, 5.41) is 9.37. The zero-order valence-corrected chi connectivity index (χ0v) is 15.1. The first-order valence-corrected chi connectivity index (χ1v) is 9.17. The molecule has 6 nitrogen and oxygen atoms in total. The minimum atomic E-state index is -0.154. The molecular weight excluding hydrogens is 352 g/mol. The van der Waals surface area contributed by atoms with Crippen LogP contribution in [0.2, 0.25) is 0 Å². The molecule has 0 fully saturated rings. The third kappa shape index (κ3) is 2.99. The van der Waals surface area contributed by atoms with Gasteiger partial charge in [0.05, 0.1) is 12.5 Å². The molecule has 138 valence electrons. The fourth-order valence-corrected chi connectivity index (χ4v) is 3.63. The van der Waals surface area contributed by atoms with E-state index < -0.39 is 0 Å². The van der Waals surface area contributed by atoms with E-state index in [2.05, 4.69) is 39.7 Å². The molecule has 4 aromatic rings. The van der Waals surface area contributed by atoms with Crippen LogP contribution in [0, 0.1) is 0 Å². The van der Waals surface area contributed by atoms with Crippen molar-refractivity contribution in [2.45, 2.75) is 19.1 Å². The molecule has 1 aromatic heterocycles. The summed E-state index contributed by atoms with van der Waals surface area (Å²) in [5.74, 6) is 1.22. The van der Waals surface area contributed by atoms with E-state index in [9.17, 15) is 4.79 Å². The molecule has 3 aromatic carbocycles. The molecule has 28 heavy (non-hydrogen) atoms. The van der Waals surface area contributed by atoms with Crippen molar-refractivity contribution in [3.63, 3.8) is 0 Å². The van der Waals surface area contributed by atoms with Crippen molar-refractivity contribution >= 4 is 22.6 Å². The molecule has 0 aliphatic carbocycles. The molecule has 0 saturated carbocycles. The first-order valence-electron chi connectivity index (χ1n) is 9.17. The van der Waals surface area contributed by atoms with Gasteiger partial charge in [0.15, 0.2) is 0 Å². The minimum Gasteiger partial charge on any atom is -0.489 e. The number of ether oxygens (including phenoxy) is 1. The molecule has 2 heterocycles. The number of benzene rings is 3. The number of hydrogen-bond acceptors (Lipinski definition) is 4. The topological polar surface area (TPSA) is 69.0 Å². The number of rotatable bonds is 4. The van der Waals surface area contributed by atoms with Gasteiger partial charge in [0.2, 0.25) is 11.9 Å². The van der Waals surface area contributed by atoms with Crippen molar-refractivity contribution in [3.8, 4) is 5.75 Å². The number of anilines is 1. The van der Waals surface area contributed by atoms with Gasteiger partial charge in [-0.25, -0.2) is 4.68 Å². The van der Waals surface area contributed by atoms with Gasteiger partial charge in [0, 0.05) is 0 Å². The molecular formula is C22H18N4O2. The van der Waals surface area contributed by atoms with Gasteiger partial charge in [-0.3, -0.25) is 10.1 Å². The summed E-state index contributed by atoms with van der Waals surface area (Å²) < 4.78 is 7.75. The minimum absolute atomic E-state index is 0.0539. The Morgan fingerprint density at radius 3 is 2.75 bits per heavy atom. The molecule has 1 atom stereocenters. The molecule has 1 amide bonds. The van der Waals surface area contributed by atoms with Gasteiger partial charge in [-0.05, 0) is 34.0 Å². The lowest BCUT2D eigenvalue weighted by Crippen LogP contribution is -2.29. The molecule has 0 spiro atoms. The largest absolute Gasteiger partial charge is 0.489 e. The highest BCUT2D eigenvalue weighted by Crippen LogP contribution is 2.29. The first kappa shape index (κ1) is 16.5. The van der Waals surface area contributed by atoms with Gasteiger partial charge in [-0.1, -0.05) is 54.6 Å². The summed E-state index contributed by atoms with van der Waals surface area (Å²) >= 11 is 0. The SMILES string of the molecule is O=C1C[C@@H](c2ccc(OCc3cccc4ccccc34)cc2)n2ncnc2N1. The normalized spacial score (nSPS) is 15.9. The quantitative estimate of drug-likeness (QED) is 0.591. The third-order valence-corrected chi connectivity index (χ3v) is 5.04. The van der Waals surface area contributed by atoms with E-state index in [1.807, 2.05) is 42.5 Å². The van der Waals surface area contributed by atoms with E-state index in [-0.39, 0.29) is 11.9 Å². The molecule has 0 unspecified atom stereocenters. The number of hydrogen-bond donors (Lipinski definition) is 1. The molecule has 1 aliphatic rings. The van der Waals surface area contributed by atoms with Gasteiger partial charge in [-0.2, -0.15) is 10.1 Å². The molecule has 5 rings (SSSR count). The summed E-state index contributed by atoms with van der Waals surface area (Å²) in [4.78, 5) is 16.0. The first-order chi connectivity index (χ1) is 13.8. The number of carbonyl (C=O) groups excluding carboxylic acids is 1. The monoisotopic (exact) mass is 370 g/mol. The van der Waals surface area contributed by atoms with Crippen LogP contribution in [0.1, 0.15) is 23.6 Å². The summed E-state index contributed by atoms with van der Waals surface area (Å²) in [5.41, 5.74) is 2.15. The lowest BCUT2D eigenvalue weighted by molar-refractivity contribution is -0.117. The van der Waals surface area contributed by atoms with Crippen LogP contribution in [-0.4, -0.2) is 20.7 Å². The van der Waals surface area contributed by atoms with Crippen molar-refractivity contribution in [1.82, 2.24) is 14.8 Å². The van der Waals surface area contributed by atoms with Crippen molar-refractivity contribution in [3.05, 3.63) is 84.2 Å². The van der Waals surface area contributed by atoms with E-state index in [1.165, 1.54) is 17.1 Å².